The first-order valence-electron chi connectivity index (χ1n) is 9.50. The van der Waals surface area contributed by atoms with Crippen LogP contribution < -0.4 is 10.4 Å². The zero-order chi connectivity index (χ0) is 18.8. The van der Waals surface area contributed by atoms with Crippen LogP contribution in [0.15, 0.2) is 51.7 Å². The van der Waals surface area contributed by atoms with Crippen molar-refractivity contribution in [2.24, 2.45) is 0 Å². The highest BCUT2D eigenvalue weighted by molar-refractivity contribution is 5.97. The standard InChI is InChI=1S/C23H22O4/c1-2-7-16-12-19-17-10-6-11-18(17)23(25)27-22(19)13-21(16)26-14-20(24)15-8-4-3-5-9-15/h3-5,8-9,12-13H,2,6-7,10-11,14H2,1H3. The highest BCUT2D eigenvalue weighted by Gasteiger charge is 2.21. The first-order valence-corrected chi connectivity index (χ1v) is 9.50. The van der Waals surface area contributed by atoms with E-state index in [1.807, 2.05) is 18.2 Å². The third-order valence-electron chi connectivity index (χ3n) is 5.13. The number of carbonyl (C=O) groups excluding carboxylic acids is 1. The molecule has 0 saturated heterocycles. The molecule has 1 aliphatic carbocycles. The summed E-state index contributed by atoms with van der Waals surface area (Å²) in [5, 5.41) is 1.01. The van der Waals surface area contributed by atoms with Crippen LogP contribution in [0.2, 0.25) is 0 Å². The van der Waals surface area contributed by atoms with Gasteiger partial charge in [-0.15, -0.1) is 0 Å². The average Bonchev–Trinajstić information content (AvgIpc) is 3.18. The van der Waals surface area contributed by atoms with Gasteiger partial charge in [0.15, 0.2) is 12.4 Å². The van der Waals surface area contributed by atoms with Crippen molar-refractivity contribution >= 4 is 16.8 Å². The first-order chi connectivity index (χ1) is 13.2. The Morgan fingerprint density at radius 3 is 2.67 bits per heavy atom. The van der Waals surface area contributed by atoms with E-state index in [1.54, 1.807) is 18.2 Å². The second-order valence-corrected chi connectivity index (χ2v) is 6.98. The monoisotopic (exact) mass is 362 g/mol. The Morgan fingerprint density at radius 2 is 1.89 bits per heavy atom. The molecular formula is C23H22O4. The molecule has 0 N–H and O–H groups in total. The van der Waals surface area contributed by atoms with Crippen molar-refractivity contribution < 1.29 is 13.9 Å². The number of hydrogen-bond acceptors (Lipinski definition) is 4. The third-order valence-corrected chi connectivity index (χ3v) is 5.13. The SMILES string of the molecule is CCCc1cc2c3c(c(=O)oc2cc1OCC(=O)c1ccccc1)CCC3. The molecule has 0 atom stereocenters. The molecule has 0 saturated carbocycles. The van der Waals surface area contributed by atoms with E-state index >= 15 is 0 Å². The molecule has 138 valence electrons. The summed E-state index contributed by atoms with van der Waals surface area (Å²) in [6, 6.07) is 13.0. The van der Waals surface area contributed by atoms with Crippen LogP contribution in [0.4, 0.5) is 0 Å². The number of rotatable bonds is 6. The molecule has 4 heteroatoms. The molecule has 27 heavy (non-hydrogen) atoms. The van der Waals surface area contributed by atoms with Gasteiger partial charge in [-0.2, -0.15) is 0 Å². The molecule has 0 unspecified atom stereocenters. The summed E-state index contributed by atoms with van der Waals surface area (Å²) >= 11 is 0. The van der Waals surface area contributed by atoms with Crippen LogP contribution in [0.5, 0.6) is 5.75 Å². The van der Waals surface area contributed by atoms with Crippen LogP contribution in [0.25, 0.3) is 11.0 Å². The molecule has 2 aromatic carbocycles. The Labute approximate surface area is 157 Å². The summed E-state index contributed by atoms with van der Waals surface area (Å²) in [7, 11) is 0. The Kier molecular flexibility index (Phi) is 4.80. The third kappa shape index (κ3) is 3.39. The summed E-state index contributed by atoms with van der Waals surface area (Å²) in [6.07, 6.45) is 4.51. The second-order valence-electron chi connectivity index (χ2n) is 6.98. The van der Waals surface area contributed by atoms with Crippen molar-refractivity contribution in [2.45, 2.75) is 39.0 Å². The largest absolute Gasteiger partial charge is 0.485 e. The van der Waals surface area contributed by atoms with Crippen LogP contribution in [-0.4, -0.2) is 12.4 Å². The number of hydrogen-bond donors (Lipinski definition) is 0. The molecule has 1 heterocycles. The molecule has 0 radical (unpaired) electrons. The summed E-state index contributed by atoms with van der Waals surface area (Å²) in [5.74, 6) is 0.545. The Morgan fingerprint density at radius 1 is 1.11 bits per heavy atom. The predicted molar refractivity (Wildman–Crippen MR) is 105 cm³/mol. The van der Waals surface area contributed by atoms with Crippen LogP contribution in [0.1, 0.15) is 46.8 Å². The smallest absolute Gasteiger partial charge is 0.339 e. The van der Waals surface area contributed by atoms with Gasteiger partial charge in [0.25, 0.3) is 0 Å². The lowest BCUT2D eigenvalue weighted by molar-refractivity contribution is 0.0921. The van der Waals surface area contributed by atoms with Crippen molar-refractivity contribution in [3.8, 4) is 5.75 Å². The summed E-state index contributed by atoms with van der Waals surface area (Å²) in [6.45, 7) is 2.07. The minimum atomic E-state index is -0.246. The van der Waals surface area contributed by atoms with Crippen LogP contribution in [0.3, 0.4) is 0 Å². The number of aryl methyl sites for hydroxylation is 2. The van der Waals surface area contributed by atoms with Crippen molar-refractivity contribution in [3.63, 3.8) is 0 Å². The lowest BCUT2D eigenvalue weighted by atomic mass is 10.0. The van der Waals surface area contributed by atoms with E-state index in [-0.39, 0.29) is 18.0 Å². The van der Waals surface area contributed by atoms with E-state index in [2.05, 4.69) is 13.0 Å². The molecule has 1 aromatic heterocycles. The molecule has 0 aliphatic heterocycles. The van der Waals surface area contributed by atoms with Crippen molar-refractivity contribution in [1.29, 1.82) is 0 Å². The van der Waals surface area contributed by atoms with Crippen molar-refractivity contribution in [2.75, 3.05) is 6.61 Å². The number of fused-ring (bicyclic) bond motifs is 3. The Hall–Kier alpha value is -2.88. The van der Waals surface area contributed by atoms with Crippen LogP contribution >= 0.6 is 0 Å². The fraction of sp³-hybridized carbons (Fsp3) is 0.304. The van der Waals surface area contributed by atoms with Gasteiger partial charge in [-0.05, 0) is 42.9 Å². The Balaban J connectivity index is 1.69. The molecule has 1 aliphatic rings. The highest BCUT2D eigenvalue weighted by Crippen LogP contribution is 2.33. The normalized spacial score (nSPS) is 12.9. The zero-order valence-electron chi connectivity index (χ0n) is 15.4. The summed E-state index contributed by atoms with van der Waals surface area (Å²) in [5.41, 5.74) is 3.91. The lowest BCUT2D eigenvalue weighted by Gasteiger charge is -2.13. The molecule has 4 nitrogen and oxygen atoms in total. The van der Waals surface area contributed by atoms with Gasteiger partial charge in [-0.3, -0.25) is 4.79 Å². The summed E-state index contributed by atoms with van der Waals surface area (Å²) < 4.78 is 11.4. The van der Waals surface area contributed by atoms with E-state index in [4.69, 9.17) is 9.15 Å². The van der Waals surface area contributed by atoms with Gasteiger partial charge in [-0.25, -0.2) is 4.79 Å². The molecule has 0 amide bonds. The average molecular weight is 362 g/mol. The minimum absolute atomic E-state index is 0.0403. The second kappa shape index (κ2) is 7.39. The number of Topliss-reactive ketones (excluding diaryl/α,β-unsaturated/α-hetero) is 1. The molecule has 0 spiro atoms. The van der Waals surface area contributed by atoms with Gasteiger partial charge in [0.05, 0.1) is 0 Å². The maximum absolute atomic E-state index is 12.4. The van der Waals surface area contributed by atoms with Crippen molar-refractivity contribution in [1.82, 2.24) is 0 Å². The molecule has 4 rings (SSSR count). The van der Waals surface area contributed by atoms with E-state index in [1.165, 1.54) is 0 Å². The van der Waals surface area contributed by atoms with E-state index in [0.29, 0.717) is 16.9 Å². The number of ketones is 1. The maximum atomic E-state index is 12.4. The van der Waals surface area contributed by atoms with Gasteiger partial charge in [0, 0.05) is 22.6 Å². The Bertz CT molecular complexity index is 1050. The van der Waals surface area contributed by atoms with E-state index in [0.717, 1.165) is 54.2 Å². The van der Waals surface area contributed by atoms with Gasteiger partial charge in [-0.1, -0.05) is 43.7 Å². The predicted octanol–water partition coefficient (Wildman–Crippen LogP) is 4.50. The minimum Gasteiger partial charge on any atom is -0.485 e. The van der Waals surface area contributed by atoms with E-state index in [9.17, 15) is 9.59 Å². The summed E-state index contributed by atoms with van der Waals surface area (Å²) in [4.78, 5) is 24.6. The topological polar surface area (TPSA) is 56.5 Å². The first kappa shape index (κ1) is 17.5. The zero-order valence-corrected chi connectivity index (χ0v) is 15.4. The number of carbonyl (C=O) groups is 1. The van der Waals surface area contributed by atoms with Gasteiger partial charge in [0.2, 0.25) is 0 Å². The molecule has 0 bridgehead atoms. The molecule has 3 aromatic rings. The van der Waals surface area contributed by atoms with Crippen LogP contribution in [0, 0.1) is 0 Å². The molecule has 0 fully saturated rings. The number of benzene rings is 2. The van der Waals surface area contributed by atoms with Gasteiger partial charge >= 0.3 is 5.63 Å². The highest BCUT2D eigenvalue weighted by atomic mass is 16.5. The lowest BCUT2D eigenvalue weighted by Crippen LogP contribution is -2.13. The van der Waals surface area contributed by atoms with Gasteiger partial charge < -0.3 is 9.15 Å². The van der Waals surface area contributed by atoms with Crippen LogP contribution in [-0.2, 0) is 19.3 Å². The van der Waals surface area contributed by atoms with Crippen molar-refractivity contribution in [3.05, 3.63) is 75.1 Å². The van der Waals surface area contributed by atoms with Gasteiger partial charge in [0.1, 0.15) is 11.3 Å². The fourth-order valence-electron chi connectivity index (χ4n) is 3.80. The quantitative estimate of drug-likeness (QED) is 0.479. The fourth-order valence-corrected chi connectivity index (χ4v) is 3.80. The molecular weight excluding hydrogens is 340 g/mol. The number of ether oxygens (including phenoxy) is 1. The maximum Gasteiger partial charge on any atom is 0.339 e. The van der Waals surface area contributed by atoms with E-state index < -0.39 is 0 Å².